The highest BCUT2D eigenvalue weighted by molar-refractivity contribution is 6.03. The van der Waals surface area contributed by atoms with Crippen molar-refractivity contribution >= 4 is 11.9 Å². The second kappa shape index (κ2) is 4.96. The van der Waals surface area contributed by atoms with Crippen LogP contribution in [0.3, 0.4) is 0 Å². The van der Waals surface area contributed by atoms with Gasteiger partial charge in [-0.25, -0.2) is 0 Å². The van der Waals surface area contributed by atoms with Crippen LogP contribution in [0.5, 0.6) is 11.5 Å². The third kappa shape index (κ3) is 2.07. The highest BCUT2D eigenvalue weighted by Crippen LogP contribution is 2.38. The van der Waals surface area contributed by atoms with Crippen LogP contribution in [0.4, 0.5) is 0 Å². The molecule has 1 N–H and O–H groups in total. The van der Waals surface area contributed by atoms with Gasteiger partial charge in [0.05, 0.1) is 20.8 Å². The van der Waals surface area contributed by atoms with Gasteiger partial charge >= 0.3 is 0 Å². The van der Waals surface area contributed by atoms with E-state index in [1.807, 2.05) is 6.07 Å². The summed E-state index contributed by atoms with van der Waals surface area (Å²) < 4.78 is 10.8. The quantitative estimate of drug-likeness (QED) is 0.902. The fourth-order valence-electron chi connectivity index (χ4n) is 2.72. The lowest BCUT2D eigenvalue weighted by Crippen LogP contribution is -2.22. The van der Waals surface area contributed by atoms with Gasteiger partial charge in [0.2, 0.25) is 0 Å². The number of rotatable bonds is 3. The molecule has 1 aliphatic carbocycles. The van der Waals surface area contributed by atoms with Gasteiger partial charge in [0, 0.05) is 12.1 Å². The summed E-state index contributed by atoms with van der Waals surface area (Å²) in [5.74, 6) is 2.71. The molecule has 1 heterocycles. The fourth-order valence-corrected chi connectivity index (χ4v) is 2.72. The Balaban J connectivity index is 2.02. The first-order chi connectivity index (χ1) is 9.33. The Bertz CT molecular complexity index is 562. The Labute approximate surface area is 113 Å². The van der Waals surface area contributed by atoms with Gasteiger partial charge in [0.1, 0.15) is 5.84 Å². The molecule has 0 saturated carbocycles. The Kier molecular flexibility index (Phi) is 3.15. The number of amidine groups is 1. The van der Waals surface area contributed by atoms with Crippen molar-refractivity contribution in [2.24, 2.45) is 4.99 Å². The molecule has 1 aromatic carbocycles. The zero-order valence-corrected chi connectivity index (χ0v) is 11.3. The van der Waals surface area contributed by atoms with Crippen LogP contribution in [-0.4, -0.2) is 33.1 Å². The van der Waals surface area contributed by atoms with E-state index in [2.05, 4.69) is 22.5 Å². The predicted octanol–water partition coefficient (Wildman–Crippen LogP) is 2.04. The zero-order chi connectivity index (χ0) is 13.2. The summed E-state index contributed by atoms with van der Waals surface area (Å²) >= 11 is 0. The lowest BCUT2D eigenvalue weighted by Gasteiger charge is -2.20. The molecule has 0 bridgehead atoms. The van der Waals surface area contributed by atoms with Crippen LogP contribution in [0.25, 0.3) is 6.08 Å². The van der Waals surface area contributed by atoms with Gasteiger partial charge < -0.3 is 14.8 Å². The highest BCUT2D eigenvalue weighted by atomic mass is 16.5. The van der Waals surface area contributed by atoms with Crippen LogP contribution in [0.1, 0.15) is 17.5 Å². The number of fused-ring (bicyclic) bond motifs is 1. The third-order valence-electron chi connectivity index (χ3n) is 3.64. The summed E-state index contributed by atoms with van der Waals surface area (Å²) in [6.45, 7) is 1.83. The number of hydrogen-bond acceptors (Lipinski definition) is 4. The molecule has 0 saturated heterocycles. The van der Waals surface area contributed by atoms with E-state index in [1.165, 1.54) is 16.7 Å². The standard InChI is InChI=1S/C15H18N2O2/c1-18-13-6-4-10-9-11(15-16-7-8-17-15)3-5-12(10)14(13)19-2/h4,6,9H,3,5,7-8H2,1-2H3,(H,16,17). The van der Waals surface area contributed by atoms with Crippen LogP contribution < -0.4 is 14.8 Å². The molecule has 19 heavy (non-hydrogen) atoms. The van der Waals surface area contributed by atoms with Crippen molar-refractivity contribution in [1.29, 1.82) is 0 Å². The van der Waals surface area contributed by atoms with Crippen LogP contribution in [0.15, 0.2) is 22.7 Å². The minimum atomic E-state index is 0.800. The summed E-state index contributed by atoms with van der Waals surface area (Å²) in [6, 6.07) is 4.05. The first-order valence-corrected chi connectivity index (χ1v) is 6.56. The van der Waals surface area contributed by atoms with Gasteiger partial charge in [0.25, 0.3) is 0 Å². The van der Waals surface area contributed by atoms with E-state index in [9.17, 15) is 0 Å². The minimum Gasteiger partial charge on any atom is -0.493 e. The van der Waals surface area contributed by atoms with Crippen molar-refractivity contribution in [3.63, 3.8) is 0 Å². The molecule has 0 atom stereocenters. The van der Waals surface area contributed by atoms with Crippen molar-refractivity contribution in [3.05, 3.63) is 28.8 Å². The van der Waals surface area contributed by atoms with Crippen molar-refractivity contribution in [2.45, 2.75) is 12.8 Å². The monoisotopic (exact) mass is 258 g/mol. The molecule has 1 aliphatic heterocycles. The molecule has 0 unspecified atom stereocenters. The van der Waals surface area contributed by atoms with Crippen molar-refractivity contribution in [1.82, 2.24) is 5.32 Å². The van der Waals surface area contributed by atoms with E-state index < -0.39 is 0 Å². The molecule has 0 fully saturated rings. The van der Waals surface area contributed by atoms with Crippen molar-refractivity contribution in [3.8, 4) is 11.5 Å². The molecular formula is C15H18N2O2. The Morgan fingerprint density at radius 2 is 2.05 bits per heavy atom. The number of methoxy groups -OCH3 is 2. The minimum absolute atomic E-state index is 0.800. The predicted molar refractivity (Wildman–Crippen MR) is 76.1 cm³/mol. The van der Waals surface area contributed by atoms with E-state index in [4.69, 9.17) is 9.47 Å². The van der Waals surface area contributed by atoms with Crippen LogP contribution in [0, 0.1) is 0 Å². The topological polar surface area (TPSA) is 42.9 Å². The Morgan fingerprint density at radius 1 is 1.16 bits per heavy atom. The fraction of sp³-hybridized carbons (Fsp3) is 0.400. The zero-order valence-electron chi connectivity index (χ0n) is 11.3. The molecule has 0 radical (unpaired) electrons. The maximum Gasteiger partial charge on any atom is 0.164 e. The molecule has 2 aliphatic rings. The van der Waals surface area contributed by atoms with E-state index in [0.717, 1.165) is 43.3 Å². The smallest absolute Gasteiger partial charge is 0.164 e. The molecule has 3 rings (SSSR count). The highest BCUT2D eigenvalue weighted by Gasteiger charge is 2.21. The van der Waals surface area contributed by atoms with Gasteiger partial charge in [-0.2, -0.15) is 0 Å². The van der Waals surface area contributed by atoms with Gasteiger partial charge in [-0.3, -0.25) is 4.99 Å². The van der Waals surface area contributed by atoms with Crippen LogP contribution in [0.2, 0.25) is 0 Å². The summed E-state index contributed by atoms with van der Waals surface area (Å²) in [4.78, 5) is 4.49. The number of aliphatic imine (C=N–C) groups is 1. The van der Waals surface area contributed by atoms with Crippen LogP contribution >= 0.6 is 0 Å². The lowest BCUT2D eigenvalue weighted by molar-refractivity contribution is 0.351. The number of benzene rings is 1. The molecule has 0 aromatic heterocycles. The maximum atomic E-state index is 5.50. The molecular weight excluding hydrogens is 240 g/mol. The second-order valence-corrected chi connectivity index (χ2v) is 4.70. The lowest BCUT2D eigenvalue weighted by atomic mass is 9.90. The van der Waals surface area contributed by atoms with E-state index in [0.29, 0.717) is 0 Å². The first kappa shape index (κ1) is 12.1. The average Bonchev–Trinajstić information content (AvgIpc) is 2.99. The third-order valence-corrected chi connectivity index (χ3v) is 3.64. The summed E-state index contributed by atoms with van der Waals surface area (Å²) in [6.07, 6.45) is 4.16. The molecule has 4 nitrogen and oxygen atoms in total. The number of hydrogen-bond donors (Lipinski definition) is 1. The molecule has 0 amide bonds. The van der Waals surface area contributed by atoms with Crippen LogP contribution in [-0.2, 0) is 6.42 Å². The van der Waals surface area contributed by atoms with E-state index in [-0.39, 0.29) is 0 Å². The molecule has 100 valence electrons. The number of ether oxygens (including phenoxy) is 2. The van der Waals surface area contributed by atoms with Gasteiger partial charge in [0.15, 0.2) is 11.5 Å². The number of nitrogens with one attached hydrogen (secondary N) is 1. The summed E-state index contributed by atoms with van der Waals surface area (Å²) in [7, 11) is 3.37. The van der Waals surface area contributed by atoms with Gasteiger partial charge in [-0.1, -0.05) is 6.07 Å². The molecule has 0 spiro atoms. The van der Waals surface area contributed by atoms with E-state index in [1.54, 1.807) is 14.2 Å². The second-order valence-electron chi connectivity index (χ2n) is 4.70. The average molecular weight is 258 g/mol. The Morgan fingerprint density at radius 3 is 2.74 bits per heavy atom. The van der Waals surface area contributed by atoms with Crippen molar-refractivity contribution < 1.29 is 9.47 Å². The summed E-state index contributed by atoms with van der Waals surface area (Å²) in [5, 5.41) is 3.33. The van der Waals surface area contributed by atoms with Crippen molar-refractivity contribution in [2.75, 3.05) is 27.3 Å². The SMILES string of the molecule is COc1ccc2c(c1OC)CCC(C1=NCCN1)=C2. The van der Waals surface area contributed by atoms with Gasteiger partial charge in [-0.05, 0) is 36.1 Å². The Hall–Kier alpha value is -1.97. The normalized spacial score (nSPS) is 17.2. The number of nitrogens with zero attached hydrogens (tertiary/aromatic N) is 1. The molecule has 4 heteroatoms. The summed E-state index contributed by atoms with van der Waals surface area (Å²) in [5.41, 5.74) is 3.72. The molecule has 1 aromatic rings. The largest absolute Gasteiger partial charge is 0.493 e. The van der Waals surface area contributed by atoms with Gasteiger partial charge in [-0.15, -0.1) is 0 Å². The maximum absolute atomic E-state index is 5.50. The first-order valence-electron chi connectivity index (χ1n) is 6.56. The van der Waals surface area contributed by atoms with E-state index >= 15 is 0 Å².